The zero-order valence-electron chi connectivity index (χ0n) is 17.8. The lowest BCUT2D eigenvalue weighted by molar-refractivity contribution is -0.116. The van der Waals surface area contributed by atoms with Crippen LogP contribution in [0.5, 0.6) is 0 Å². The van der Waals surface area contributed by atoms with Gasteiger partial charge in [-0.05, 0) is 50.1 Å². The highest BCUT2D eigenvalue weighted by molar-refractivity contribution is 9.10. The van der Waals surface area contributed by atoms with Crippen molar-refractivity contribution < 1.29 is 4.79 Å². The van der Waals surface area contributed by atoms with Crippen LogP contribution in [0.2, 0.25) is 0 Å². The van der Waals surface area contributed by atoms with Gasteiger partial charge in [-0.15, -0.1) is 0 Å². The minimum absolute atomic E-state index is 0.165. The molecule has 0 bridgehead atoms. The third-order valence-corrected chi connectivity index (χ3v) is 5.63. The molecular formula is C23H23BrN6O2. The second-order valence-electron chi connectivity index (χ2n) is 7.58. The van der Waals surface area contributed by atoms with Crippen LogP contribution in [0.4, 0.5) is 11.6 Å². The molecular weight excluding hydrogens is 472 g/mol. The van der Waals surface area contributed by atoms with Crippen LogP contribution in [-0.2, 0) is 17.8 Å². The molecule has 0 aliphatic rings. The molecule has 3 N–H and O–H groups in total. The van der Waals surface area contributed by atoms with Gasteiger partial charge in [0.05, 0.1) is 5.69 Å². The normalized spacial score (nSPS) is 11.0. The highest BCUT2D eigenvalue weighted by Crippen LogP contribution is 2.15. The molecule has 0 radical (unpaired) electrons. The Balaban J connectivity index is 1.45. The Kier molecular flexibility index (Phi) is 6.36. The molecule has 0 saturated carbocycles. The number of nitrogens with zero attached hydrogens (tertiary/aromatic N) is 3. The molecule has 0 spiro atoms. The SMILES string of the molecule is Cc1ccc(CNc2nc3nc(C)c(CCC(=O)Nc4ccc(Br)cc4)c(=O)n3[nH]2)cc1. The Labute approximate surface area is 193 Å². The third kappa shape index (κ3) is 5.05. The van der Waals surface area contributed by atoms with Crippen LogP contribution in [0.1, 0.15) is 28.8 Å². The number of fused-ring (bicyclic) bond motifs is 1. The van der Waals surface area contributed by atoms with E-state index < -0.39 is 0 Å². The quantitative estimate of drug-likeness (QED) is 0.360. The number of hydrogen-bond donors (Lipinski definition) is 3. The van der Waals surface area contributed by atoms with Crippen LogP contribution >= 0.6 is 15.9 Å². The first-order chi connectivity index (χ1) is 15.4. The maximum atomic E-state index is 13.0. The lowest BCUT2D eigenvalue weighted by Crippen LogP contribution is -2.23. The highest BCUT2D eigenvalue weighted by atomic mass is 79.9. The van der Waals surface area contributed by atoms with Gasteiger partial charge in [-0.3, -0.25) is 14.7 Å². The average molecular weight is 495 g/mol. The number of nitrogens with one attached hydrogen (secondary N) is 3. The summed E-state index contributed by atoms with van der Waals surface area (Å²) in [7, 11) is 0. The molecule has 2 aromatic heterocycles. The Bertz CT molecular complexity index is 1310. The fourth-order valence-corrected chi connectivity index (χ4v) is 3.57. The minimum Gasteiger partial charge on any atom is -0.351 e. The Morgan fingerprint density at radius 1 is 1.06 bits per heavy atom. The number of H-pyrrole nitrogens is 1. The number of carbonyl (C=O) groups excluding carboxylic acids is 1. The molecule has 164 valence electrons. The lowest BCUT2D eigenvalue weighted by Gasteiger charge is -2.07. The number of aromatic amines is 1. The van der Waals surface area contributed by atoms with Gasteiger partial charge in [0.1, 0.15) is 0 Å². The summed E-state index contributed by atoms with van der Waals surface area (Å²) in [5.74, 6) is 0.586. The van der Waals surface area contributed by atoms with Gasteiger partial charge in [0.25, 0.3) is 11.3 Å². The Morgan fingerprint density at radius 2 is 1.78 bits per heavy atom. The van der Waals surface area contributed by atoms with E-state index in [1.165, 1.54) is 10.1 Å². The molecule has 4 aromatic rings. The van der Waals surface area contributed by atoms with Gasteiger partial charge in [-0.1, -0.05) is 45.8 Å². The molecule has 1 amide bonds. The van der Waals surface area contributed by atoms with Crippen molar-refractivity contribution in [1.29, 1.82) is 0 Å². The predicted octanol–water partition coefficient (Wildman–Crippen LogP) is 3.98. The largest absolute Gasteiger partial charge is 0.351 e. The number of aryl methyl sites for hydroxylation is 2. The molecule has 0 aliphatic heterocycles. The Hall–Kier alpha value is -3.46. The van der Waals surface area contributed by atoms with Gasteiger partial charge in [0, 0.05) is 28.7 Å². The third-order valence-electron chi connectivity index (χ3n) is 5.11. The number of carbonyl (C=O) groups is 1. The van der Waals surface area contributed by atoms with E-state index in [2.05, 4.69) is 41.6 Å². The summed E-state index contributed by atoms with van der Waals surface area (Å²) in [5.41, 5.74) is 3.81. The number of benzene rings is 2. The smallest absolute Gasteiger partial charge is 0.277 e. The van der Waals surface area contributed by atoms with Crippen molar-refractivity contribution in [2.45, 2.75) is 33.2 Å². The lowest BCUT2D eigenvalue weighted by atomic mass is 10.1. The zero-order valence-corrected chi connectivity index (χ0v) is 19.4. The van der Waals surface area contributed by atoms with Gasteiger partial charge in [0.15, 0.2) is 0 Å². The summed E-state index contributed by atoms with van der Waals surface area (Å²) in [6.45, 7) is 4.37. The van der Waals surface area contributed by atoms with E-state index in [9.17, 15) is 9.59 Å². The second-order valence-corrected chi connectivity index (χ2v) is 8.50. The fraction of sp³-hybridized carbons (Fsp3) is 0.217. The summed E-state index contributed by atoms with van der Waals surface area (Å²) < 4.78 is 2.25. The van der Waals surface area contributed by atoms with E-state index >= 15 is 0 Å². The number of aromatic nitrogens is 4. The van der Waals surface area contributed by atoms with Gasteiger partial charge in [-0.25, -0.2) is 4.98 Å². The van der Waals surface area contributed by atoms with Crippen LogP contribution in [0.3, 0.4) is 0 Å². The number of halogens is 1. The van der Waals surface area contributed by atoms with Crippen molar-refractivity contribution in [2.75, 3.05) is 10.6 Å². The molecule has 32 heavy (non-hydrogen) atoms. The number of anilines is 2. The second kappa shape index (κ2) is 9.35. The molecule has 8 nitrogen and oxygen atoms in total. The topological polar surface area (TPSA) is 104 Å². The summed E-state index contributed by atoms with van der Waals surface area (Å²) in [4.78, 5) is 34.1. The molecule has 0 atom stereocenters. The molecule has 0 fully saturated rings. The first-order valence-corrected chi connectivity index (χ1v) is 11.0. The molecule has 0 saturated heterocycles. The van der Waals surface area contributed by atoms with Crippen LogP contribution in [0, 0.1) is 13.8 Å². The van der Waals surface area contributed by atoms with Crippen molar-refractivity contribution in [3.8, 4) is 0 Å². The van der Waals surface area contributed by atoms with Crippen molar-refractivity contribution in [2.24, 2.45) is 0 Å². The summed E-state index contributed by atoms with van der Waals surface area (Å²) >= 11 is 3.37. The van der Waals surface area contributed by atoms with Gasteiger partial charge < -0.3 is 10.6 Å². The van der Waals surface area contributed by atoms with Crippen molar-refractivity contribution in [3.63, 3.8) is 0 Å². The van der Waals surface area contributed by atoms with E-state index in [0.717, 1.165) is 10.0 Å². The zero-order chi connectivity index (χ0) is 22.7. The van der Waals surface area contributed by atoms with Crippen molar-refractivity contribution in [3.05, 3.63) is 85.7 Å². The molecule has 9 heteroatoms. The first-order valence-electron chi connectivity index (χ1n) is 10.2. The molecule has 2 heterocycles. The van der Waals surface area contributed by atoms with Gasteiger partial charge in [-0.2, -0.15) is 9.50 Å². The molecule has 0 unspecified atom stereocenters. The van der Waals surface area contributed by atoms with Gasteiger partial charge >= 0.3 is 0 Å². The van der Waals surface area contributed by atoms with E-state index in [0.29, 0.717) is 35.2 Å². The highest BCUT2D eigenvalue weighted by Gasteiger charge is 2.15. The van der Waals surface area contributed by atoms with E-state index in [4.69, 9.17) is 0 Å². The van der Waals surface area contributed by atoms with E-state index in [1.54, 1.807) is 6.92 Å². The fourth-order valence-electron chi connectivity index (χ4n) is 3.31. The predicted molar refractivity (Wildman–Crippen MR) is 128 cm³/mol. The van der Waals surface area contributed by atoms with Crippen LogP contribution in [0.25, 0.3) is 5.78 Å². The number of amides is 1. The number of rotatable bonds is 7. The van der Waals surface area contributed by atoms with Crippen molar-refractivity contribution in [1.82, 2.24) is 19.6 Å². The minimum atomic E-state index is -0.250. The van der Waals surface area contributed by atoms with Gasteiger partial charge in [0.2, 0.25) is 11.9 Å². The van der Waals surface area contributed by atoms with E-state index in [-0.39, 0.29) is 24.3 Å². The summed E-state index contributed by atoms with van der Waals surface area (Å²) in [6.07, 6.45) is 0.459. The maximum absolute atomic E-state index is 13.0. The van der Waals surface area contributed by atoms with E-state index in [1.807, 2.05) is 55.5 Å². The molecule has 0 aliphatic carbocycles. The average Bonchev–Trinajstić information content (AvgIpc) is 3.18. The number of hydrogen-bond acceptors (Lipinski definition) is 5. The standard InChI is InChI=1S/C23H23BrN6O2/c1-14-3-5-16(6-4-14)13-25-22-28-23-26-15(2)19(21(32)30(23)29-22)11-12-20(31)27-18-9-7-17(24)8-10-18/h3-10H,11-13H2,1-2H3,(H,27,31)(H2,25,26,28,29). The van der Waals surface area contributed by atoms with Crippen LogP contribution in [0.15, 0.2) is 57.8 Å². The first kappa shape index (κ1) is 21.8. The summed E-state index contributed by atoms with van der Waals surface area (Å²) in [6, 6.07) is 15.5. The molecule has 2 aromatic carbocycles. The van der Waals surface area contributed by atoms with Crippen LogP contribution < -0.4 is 16.2 Å². The maximum Gasteiger partial charge on any atom is 0.277 e. The molecule has 4 rings (SSSR count). The van der Waals surface area contributed by atoms with Crippen molar-refractivity contribution >= 4 is 39.3 Å². The van der Waals surface area contributed by atoms with Crippen LogP contribution in [-0.4, -0.2) is 25.5 Å². The monoisotopic (exact) mass is 494 g/mol. The summed E-state index contributed by atoms with van der Waals surface area (Å²) in [5, 5.41) is 8.98. The Morgan fingerprint density at radius 3 is 2.50 bits per heavy atom.